The molecule has 0 saturated heterocycles. The van der Waals surface area contributed by atoms with E-state index in [1.807, 2.05) is 38.2 Å². The molecule has 0 radical (unpaired) electrons. The molecule has 8 nitrogen and oxygen atoms in total. The molecule has 2 amide bonds. The first-order chi connectivity index (χ1) is 14.4. The van der Waals surface area contributed by atoms with Gasteiger partial charge in [0, 0.05) is 49.9 Å². The maximum absolute atomic E-state index is 11.9. The second kappa shape index (κ2) is 12.7. The first-order valence-electron chi connectivity index (χ1n) is 10.1. The number of amides is 2. The summed E-state index contributed by atoms with van der Waals surface area (Å²) in [6.07, 6.45) is 13.8. The number of carbonyl (C=O) groups is 2. The highest BCUT2D eigenvalue weighted by Gasteiger charge is 2.21. The van der Waals surface area contributed by atoms with Gasteiger partial charge in [-0.2, -0.15) is 10.2 Å². The standard InChI is InChI=1S/C20H32N6O2S2/c1-19(7-3-11-23-25-19)9-13-21-17(27)5-15-29-30-16-6-18(28)22-14-10-20(2)8-4-12-24-26-20/h3-4,7-8,11-12,25-26H,5-6,9-10,13-16H2,1-2H3,(H,21,27)(H,22,28). The van der Waals surface area contributed by atoms with Crippen LogP contribution in [0.1, 0.15) is 39.5 Å². The zero-order valence-electron chi connectivity index (χ0n) is 17.6. The maximum Gasteiger partial charge on any atom is 0.220 e. The van der Waals surface area contributed by atoms with Gasteiger partial charge in [-0.1, -0.05) is 33.7 Å². The molecule has 166 valence electrons. The average Bonchev–Trinajstić information content (AvgIpc) is 2.71. The largest absolute Gasteiger partial charge is 0.356 e. The molecule has 2 rings (SSSR count). The Bertz CT molecular complexity index is 639. The molecule has 0 aromatic rings. The molecule has 2 atom stereocenters. The Labute approximate surface area is 186 Å². The molecule has 0 aromatic heterocycles. The highest BCUT2D eigenvalue weighted by atomic mass is 33.1. The molecule has 10 heteroatoms. The summed E-state index contributed by atoms with van der Waals surface area (Å²) in [5.41, 5.74) is 5.70. The molecule has 4 N–H and O–H groups in total. The van der Waals surface area contributed by atoms with Crippen molar-refractivity contribution in [3.05, 3.63) is 24.3 Å². The van der Waals surface area contributed by atoms with Gasteiger partial charge in [0.2, 0.25) is 11.8 Å². The molecule has 0 spiro atoms. The number of carbonyl (C=O) groups excluding carboxylic acids is 2. The molecule has 0 aliphatic carbocycles. The number of rotatable bonds is 13. The van der Waals surface area contributed by atoms with Gasteiger partial charge in [-0.3, -0.25) is 9.59 Å². The smallest absolute Gasteiger partial charge is 0.220 e. The van der Waals surface area contributed by atoms with Crippen molar-refractivity contribution in [3.63, 3.8) is 0 Å². The maximum atomic E-state index is 11.9. The van der Waals surface area contributed by atoms with Gasteiger partial charge in [-0.15, -0.1) is 0 Å². The molecule has 2 heterocycles. The van der Waals surface area contributed by atoms with Gasteiger partial charge in [-0.25, -0.2) is 0 Å². The van der Waals surface area contributed by atoms with Crippen LogP contribution in [0.25, 0.3) is 0 Å². The van der Waals surface area contributed by atoms with E-state index in [1.54, 1.807) is 34.0 Å². The van der Waals surface area contributed by atoms with Crippen molar-refractivity contribution in [2.75, 3.05) is 24.6 Å². The summed E-state index contributed by atoms with van der Waals surface area (Å²) in [5, 5.41) is 14.0. The normalized spacial score (nSPS) is 24.2. The Hall–Kier alpha value is -1.94. The summed E-state index contributed by atoms with van der Waals surface area (Å²) in [6, 6.07) is 0. The van der Waals surface area contributed by atoms with Crippen LogP contribution in [-0.4, -0.2) is 59.9 Å². The Morgan fingerprint density at radius 1 is 0.833 bits per heavy atom. The van der Waals surface area contributed by atoms with Crippen LogP contribution < -0.4 is 21.5 Å². The summed E-state index contributed by atoms with van der Waals surface area (Å²) in [6.45, 7) is 5.31. The van der Waals surface area contributed by atoms with E-state index in [-0.39, 0.29) is 22.9 Å². The molecular formula is C20H32N6O2S2. The van der Waals surface area contributed by atoms with E-state index in [0.29, 0.717) is 25.9 Å². The summed E-state index contributed by atoms with van der Waals surface area (Å²) in [4.78, 5) is 23.8. The zero-order chi connectivity index (χ0) is 21.7. The lowest BCUT2D eigenvalue weighted by atomic mass is 9.97. The van der Waals surface area contributed by atoms with E-state index >= 15 is 0 Å². The molecule has 0 saturated carbocycles. The lowest BCUT2D eigenvalue weighted by Crippen LogP contribution is -2.42. The van der Waals surface area contributed by atoms with Crippen molar-refractivity contribution >= 4 is 45.8 Å². The van der Waals surface area contributed by atoms with Crippen LogP contribution in [0.2, 0.25) is 0 Å². The third-order valence-electron chi connectivity index (χ3n) is 4.73. The van der Waals surface area contributed by atoms with Crippen LogP contribution in [0.5, 0.6) is 0 Å². The average molecular weight is 453 g/mol. The number of hydrogen-bond donors (Lipinski definition) is 4. The van der Waals surface area contributed by atoms with Gasteiger partial charge < -0.3 is 21.5 Å². The fraction of sp³-hybridized carbons (Fsp3) is 0.600. The van der Waals surface area contributed by atoms with E-state index in [9.17, 15) is 9.59 Å². The number of hydrazone groups is 2. The van der Waals surface area contributed by atoms with Crippen molar-refractivity contribution in [2.24, 2.45) is 10.2 Å². The van der Waals surface area contributed by atoms with E-state index < -0.39 is 0 Å². The van der Waals surface area contributed by atoms with Gasteiger partial charge in [0.25, 0.3) is 0 Å². The van der Waals surface area contributed by atoms with Gasteiger partial charge in [0.1, 0.15) is 0 Å². The molecule has 0 aromatic carbocycles. The Balaban J connectivity index is 1.42. The van der Waals surface area contributed by atoms with Crippen molar-refractivity contribution < 1.29 is 9.59 Å². The van der Waals surface area contributed by atoms with Crippen LogP contribution in [0.4, 0.5) is 0 Å². The number of nitrogens with one attached hydrogen (secondary N) is 4. The Morgan fingerprint density at radius 3 is 1.63 bits per heavy atom. The Kier molecular flexibility index (Phi) is 10.3. The predicted molar refractivity (Wildman–Crippen MR) is 128 cm³/mol. The topological polar surface area (TPSA) is 107 Å². The third kappa shape index (κ3) is 9.71. The zero-order valence-corrected chi connectivity index (χ0v) is 19.3. The van der Waals surface area contributed by atoms with E-state index in [1.165, 1.54) is 0 Å². The fourth-order valence-electron chi connectivity index (χ4n) is 2.81. The molecule has 2 aliphatic heterocycles. The lowest BCUT2D eigenvalue weighted by molar-refractivity contribution is -0.121. The van der Waals surface area contributed by atoms with Gasteiger partial charge in [0.15, 0.2) is 0 Å². The van der Waals surface area contributed by atoms with E-state index in [0.717, 1.165) is 24.3 Å². The van der Waals surface area contributed by atoms with Gasteiger partial charge in [0.05, 0.1) is 11.1 Å². The minimum atomic E-state index is -0.206. The van der Waals surface area contributed by atoms with Gasteiger partial charge >= 0.3 is 0 Å². The van der Waals surface area contributed by atoms with Crippen molar-refractivity contribution in [1.29, 1.82) is 0 Å². The minimum Gasteiger partial charge on any atom is -0.356 e. The summed E-state index contributed by atoms with van der Waals surface area (Å²) in [7, 11) is 3.26. The molecule has 2 aliphatic rings. The highest BCUT2D eigenvalue weighted by molar-refractivity contribution is 8.76. The molecule has 30 heavy (non-hydrogen) atoms. The molecular weight excluding hydrogens is 420 g/mol. The SMILES string of the molecule is CC1(CCNC(=O)CCSSCCC(=O)NCCC2(C)C=CC=NN2)C=CC=NN1. The highest BCUT2D eigenvalue weighted by Crippen LogP contribution is 2.22. The molecule has 0 fully saturated rings. The monoisotopic (exact) mass is 452 g/mol. The molecule has 2 unspecified atom stereocenters. The van der Waals surface area contributed by atoms with E-state index in [4.69, 9.17) is 0 Å². The molecule has 0 bridgehead atoms. The summed E-state index contributed by atoms with van der Waals surface area (Å²) in [5.74, 6) is 1.57. The fourth-order valence-corrected chi connectivity index (χ4v) is 4.79. The minimum absolute atomic E-state index is 0.0518. The first-order valence-corrected chi connectivity index (χ1v) is 12.6. The number of nitrogens with zero attached hydrogens (tertiary/aromatic N) is 2. The number of allylic oxidation sites excluding steroid dienone is 2. The summed E-state index contributed by atoms with van der Waals surface area (Å²) < 4.78 is 0. The summed E-state index contributed by atoms with van der Waals surface area (Å²) >= 11 is 0. The van der Waals surface area contributed by atoms with Crippen LogP contribution in [0.3, 0.4) is 0 Å². The Morgan fingerprint density at radius 2 is 1.27 bits per heavy atom. The second-order valence-electron chi connectivity index (χ2n) is 7.68. The van der Waals surface area contributed by atoms with Crippen molar-refractivity contribution in [3.8, 4) is 0 Å². The van der Waals surface area contributed by atoms with Gasteiger partial charge in [-0.05, 0) is 38.8 Å². The van der Waals surface area contributed by atoms with Crippen LogP contribution in [0, 0.1) is 0 Å². The second-order valence-corrected chi connectivity index (χ2v) is 10.4. The first kappa shape index (κ1) is 24.3. The lowest BCUT2D eigenvalue weighted by Gasteiger charge is -2.27. The van der Waals surface area contributed by atoms with Crippen molar-refractivity contribution in [1.82, 2.24) is 21.5 Å². The predicted octanol–water partition coefficient (Wildman–Crippen LogP) is 1.97. The van der Waals surface area contributed by atoms with Crippen molar-refractivity contribution in [2.45, 2.75) is 50.6 Å². The third-order valence-corrected chi connectivity index (χ3v) is 7.14. The quantitative estimate of drug-likeness (QED) is 0.251. The van der Waals surface area contributed by atoms with Crippen LogP contribution in [0.15, 0.2) is 34.5 Å². The van der Waals surface area contributed by atoms with E-state index in [2.05, 4.69) is 31.7 Å². The van der Waals surface area contributed by atoms with Crippen LogP contribution in [-0.2, 0) is 9.59 Å². The van der Waals surface area contributed by atoms with Crippen LogP contribution >= 0.6 is 21.6 Å². The number of hydrogen-bond acceptors (Lipinski definition) is 8.